The second kappa shape index (κ2) is 4.99. The number of aromatic nitrogens is 1. The number of nitrogens with zero attached hydrogens (tertiary/aromatic N) is 1. The predicted molar refractivity (Wildman–Crippen MR) is 83.7 cm³/mol. The largest absolute Gasteiger partial charge is 0.344 e. The van der Waals surface area contributed by atoms with E-state index < -0.39 is 0 Å². The van der Waals surface area contributed by atoms with Crippen LogP contribution in [0.1, 0.15) is 48.8 Å². The fourth-order valence-electron chi connectivity index (χ4n) is 3.54. The van der Waals surface area contributed by atoms with Crippen LogP contribution in [0, 0.1) is 18.2 Å². The van der Waals surface area contributed by atoms with E-state index in [2.05, 4.69) is 31.4 Å². The van der Waals surface area contributed by atoms with Gasteiger partial charge in [0.05, 0.1) is 0 Å². The van der Waals surface area contributed by atoms with Crippen molar-refractivity contribution in [2.45, 2.75) is 46.2 Å². The fourth-order valence-corrected chi connectivity index (χ4v) is 3.54. The average molecular weight is 286 g/mol. The summed E-state index contributed by atoms with van der Waals surface area (Å²) in [5.74, 6) is -0.178. The minimum atomic E-state index is -0.178. The van der Waals surface area contributed by atoms with Gasteiger partial charge >= 0.3 is 0 Å². The van der Waals surface area contributed by atoms with Gasteiger partial charge in [-0.05, 0) is 54.5 Å². The van der Waals surface area contributed by atoms with Crippen molar-refractivity contribution in [1.29, 1.82) is 0 Å². The Balaban J connectivity index is 2.00. The molecule has 1 atom stereocenters. The van der Waals surface area contributed by atoms with Gasteiger partial charge in [0.25, 0.3) is 0 Å². The molecule has 0 amide bonds. The first kappa shape index (κ1) is 14.3. The van der Waals surface area contributed by atoms with E-state index in [9.17, 15) is 4.39 Å². The van der Waals surface area contributed by atoms with Crippen molar-refractivity contribution in [2.24, 2.45) is 11.1 Å². The van der Waals surface area contributed by atoms with Gasteiger partial charge in [0, 0.05) is 24.0 Å². The number of hydrogen-bond acceptors (Lipinski definition) is 1. The second-order valence-corrected chi connectivity index (χ2v) is 7.06. The van der Waals surface area contributed by atoms with Gasteiger partial charge in [0.15, 0.2) is 0 Å². The lowest BCUT2D eigenvalue weighted by atomic mass is 9.74. The SMILES string of the molecule is Cc1cc2c(n1Cc1cccc(F)c1)CC(C)(C)CC2N. The van der Waals surface area contributed by atoms with Crippen LogP contribution < -0.4 is 5.73 Å². The molecule has 1 aromatic carbocycles. The van der Waals surface area contributed by atoms with E-state index in [0.29, 0.717) is 6.54 Å². The molecule has 0 radical (unpaired) electrons. The summed E-state index contributed by atoms with van der Waals surface area (Å²) in [6, 6.07) is 9.15. The number of hydrogen-bond donors (Lipinski definition) is 1. The highest BCUT2D eigenvalue weighted by Gasteiger charge is 2.33. The Kier molecular flexibility index (Phi) is 3.40. The molecule has 0 saturated carbocycles. The molecule has 1 aliphatic rings. The van der Waals surface area contributed by atoms with Gasteiger partial charge in [0.1, 0.15) is 5.82 Å². The van der Waals surface area contributed by atoms with Gasteiger partial charge in [-0.25, -0.2) is 4.39 Å². The van der Waals surface area contributed by atoms with Crippen molar-refractivity contribution in [1.82, 2.24) is 4.57 Å². The van der Waals surface area contributed by atoms with E-state index in [4.69, 9.17) is 5.73 Å². The average Bonchev–Trinajstić information content (AvgIpc) is 2.66. The number of halogens is 1. The molecule has 21 heavy (non-hydrogen) atoms. The molecule has 3 heteroatoms. The Labute approximate surface area is 125 Å². The molecule has 0 aliphatic heterocycles. The summed E-state index contributed by atoms with van der Waals surface area (Å²) >= 11 is 0. The minimum absolute atomic E-state index is 0.108. The summed E-state index contributed by atoms with van der Waals surface area (Å²) in [5, 5.41) is 0. The molecule has 1 aromatic heterocycles. The quantitative estimate of drug-likeness (QED) is 0.890. The lowest BCUT2D eigenvalue weighted by molar-refractivity contribution is 0.276. The van der Waals surface area contributed by atoms with Crippen LogP contribution >= 0.6 is 0 Å². The molecule has 112 valence electrons. The van der Waals surface area contributed by atoms with Crippen molar-refractivity contribution in [2.75, 3.05) is 0 Å². The van der Waals surface area contributed by atoms with Crippen molar-refractivity contribution in [3.05, 3.63) is 58.7 Å². The highest BCUT2D eigenvalue weighted by atomic mass is 19.1. The summed E-state index contributed by atoms with van der Waals surface area (Å²) in [6.45, 7) is 7.36. The molecule has 1 aliphatic carbocycles. The lowest BCUT2D eigenvalue weighted by Gasteiger charge is -2.34. The van der Waals surface area contributed by atoms with E-state index in [-0.39, 0.29) is 17.3 Å². The van der Waals surface area contributed by atoms with Crippen LogP contribution in [-0.2, 0) is 13.0 Å². The molecular formula is C18H23FN2. The Hall–Kier alpha value is -1.61. The van der Waals surface area contributed by atoms with Crippen LogP contribution in [0.5, 0.6) is 0 Å². The molecular weight excluding hydrogens is 263 g/mol. The Morgan fingerprint density at radius 1 is 1.33 bits per heavy atom. The normalized spacial score (nSPS) is 20.3. The first-order chi connectivity index (χ1) is 9.85. The summed E-state index contributed by atoms with van der Waals surface area (Å²) in [6.07, 6.45) is 2.04. The Morgan fingerprint density at radius 2 is 2.10 bits per heavy atom. The summed E-state index contributed by atoms with van der Waals surface area (Å²) in [4.78, 5) is 0. The summed E-state index contributed by atoms with van der Waals surface area (Å²) in [7, 11) is 0. The van der Waals surface area contributed by atoms with Gasteiger partial charge in [-0.15, -0.1) is 0 Å². The highest BCUT2D eigenvalue weighted by Crippen LogP contribution is 2.41. The Morgan fingerprint density at radius 3 is 2.81 bits per heavy atom. The maximum absolute atomic E-state index is 13.4. The highest BCUT2D eigenvalue weighted by molar-refractivity contribution is 5.35. The maximum Gasteiger partial charge on any atom is 0.123 e. The van der Waals surface area contributed by atoms with E-state index in [1.54, 1.807) is 12.1 Å². The molecule has 2 N–H and O–H groups in total. The number of nitrogens with two attached hydrogens (primary N) is 1. The minimum Gasteiger partial charge on any atom is -0.344 e. The molecule has 1 heterocycles. The van der Waals surface area contributed by atoms with Crippen molar-refractivity contribution in [3.8, 4) is 0 Å². The first-order valence-corrected chi connectivity index (χ1v) is 7.55. The van der Waals surface area contributed by atoms with Gasteiger partial charge < -0.3 is 10.3 Å². The molecule has 2 nitrogen and oxygen atoms in total. The summed E-state index contributed by atoms with van der Waals surface area (Å²) < 4.78 is 15.7. The number of aryl methyl sites for hydroxylation is 1. The molecule has 3 rings (SSSR count). The second-order valence-electron chi connectivity index (χ2n) is 7.06. The van der Waals surface area contributed by atoms with Gasteiger partial charge in [-0.2, -0.15) is 0 Å². The van der Waals surface area contributed by atoms with Crippen LogP contribution in [0.3, 0.4) is 0 Å². The lowest BCUT2D eigenvalue weighted by Crippen LogP contribution is -2.30. The van der Waals surface area contributed by atoms with E-state index in [0.717, 1.165) is 18.4 Å². The zero-order valence-corrected chi connectivity index (χ0v) is 13.0. The third-order valence-corrected chi connectivity index (χ3v) is 4.50. The number of benzene rings is 1. The van der Waals surface area contributed by atoms with E-state index in [1.165, 1.54) is 23.0 Å². The van der Waals surface area contributed by atoms with Crippen molar-refractivity contribution >= 4 is 0 Å². The fraction of sp³-hybridized carbons (Fsp3) is 0.444. The molecule has 0 saturated heterocycles. The van der Waals surface area contributed by atoms with Crippen LogP contribution in [0.15, 0.2) is 30.3 Å². The van der Waals surface area contributed by atoms with Crippen LogP contribution in [0.4, 0.5) is 4.39 Å². The number of fused-ring (bicyclic) bond motifs is 1. The van der Waals surface area contributed by atoms with Gasteiger partial charge in [0.2, 0.25) is 0 Å². The molecule has 0 bridgehead atoms. The Bertz CT molecular complexity index is 670. The maximum atomic E-state index is 13.4. The third kappa shape index (κ3) is 2.75. The predicted octanol–water partition coefficient (Wildman–Crippen LogP) is 3.96. The summed E-state index contributed by atoms with van der Waals surface area (Å²) in [5.41, 5.74) is 11.4. The zero-order valence-electron chi connectivity index (χ0n) is 13.0. The monoisotopic (exact) mass is 286 g/mol. The number of rotatable bonds is 2. The van der Waals surface area contributed by atoms with E-state index in [1.807, 2.05) is 6.07 Å². The van der Waals surface area contributed by atoms with Gasteiger partial charge in [-0.1, -0.05) is 26.0 Å². The molecule has 0 fully saturated rings. The third-order valence-electron chi connectivity index (χ3n) is 4.50. The van der Waals surface area contributed by atoms with Crippen molar-refractivity contribution in [3.63, 3.8) is 0 Å². The molecule has 1 unspecified atom stereocenters. The van der Waals surface area contributed by atoms with Crippen molar-refractivity contribution < 1.29 is 4.39 Å². The van der Waals surface area contributed by atoms with Crippen LogP contribution in [-0.4, -0.2) is 4.57 Å². The zero-order chi connectivity index (χ0) is 15.2. The molecule has 0 spiro atoms. The van der Waals surface area contributed by atoms with Crippen LogP contribution in [0.25, 0.3) is 0 Å². The molecule has 2 aromatic rings. The van der Waals surface area contributed by atoms with Gasteiger partial charge in [-0.3, -0.25) is 0 Å². The first-order valence-electron chi connectivity index (χ1n) is 7.55. The van der Waals surface area contributed by atoms with Crippen LogP contribution in [0.2, 0.25) is 0 Å². The smallest absolute Gasteiger partial charge is 0.123 e. The standard InChI is InChI=1S/C18H23FN2/c1-12-7-15-16(20)9-18(2,3)10-17(15)21(12)11-13-5-4-6-14(19)8-13/h4-8,16H,9-11,20H2,1-3H3. The topological polar surface area (TPSA) is 30.9 Å². The van der Waals surface area contributed by atoms with E-state index >= 15 is 0 Å².